The van der Waals surface area contributed by atoms with Gasteiger partial charge in [0.2, 0.25) is 5.13 Å². The van der Waals surface area contributed by atoms with E-state index in [9.17, 15) is 13.2 Å². The van der Waals surface area contributed by atoms with Crippen molar-refractivity contribution < 1.29 is 13.2 Å². The van der Waals surface area contributed by atoms with Crippen LogP contribution in [0.3, 0.4) is 0 Å². The van der Waals surface area contributed by atoms with Gasteiger partial charge in [0, 0.05) is 17.1 Å². The van der Waals surface area contributed by atoms with Gasteiger partial charge in [-0.15, -0.1) is 0 Å². The molecule has 1 N–H and O–H groups in total. The first-order chi connectivity index (χ1) is 10.5. The van der Waals surface area contributed by atoms with E-state index >= 15 is 0 Å². The second kappa shape index (κ2) is 5.62. The lowest BCUT2D eigenvalue weighted by atomic mass is 10.1. The third-order valence-electron chi connectivity index (χ3n) is 3.35. The average molecular weight is 335 g/mol. The first-order valence-corrected chi connectivity index (χ1v) is 8.92. The highest BCUT2D eigenvalue weighted by Crippen LogP contribution is 2.33. The molecule has 6 nitrogen and oxygen atoms in total. The van der Waals surface area contributed by atoms with Gasteiger partial charge >= 0.3 is 0 Å². The molecule has 0 radical (unpaired) electrons. The van der Waals surface area contributed by atoms with E-state index < -0.39 is 15.7 Å². The van der Waals surface area contributed by atoms with Gasteiger partial charge in [0.1, 0.15) is 6.33 Å². The van der Waals surface area contributed by atoms with Crippen molar-refractivity contribution in [2.45, 2.75) is 23.0 Å². The number of hydrogen-bond donors (Lipinski definition) is 1. The summed E-state index contributed by atoms with van der Waals surface area (Å²) in [4.78, 5) is 16.2. The zero-order chi connectivity index (χ0) is 15.7. The van der Waals surface area contributed by atoms with Crippen LogP contribution in [0.4, 0.5) is 5.13 Å². The molecule has 1 heterocycles. The Kier molecular flexibility index (Phi) is 3.79. The highest BCUT2D eigenvalue weighted by atomic mass is 32.2. The quantitative estimate of drug-likeness (QED) is 0.846. The van der Waals surface area contributed by atoms with Crippen LogP contribution in [0, 0.1) is 0 Å². The topological polar surface area (TPSA) is 89.0 Å². The van der Waals surface area contributed by atoms with Crippen molar-refractivity contribution in [3.63, 3.8) is 0 Å². The van der Waals surface area contributed by atoms with Crippen LogP contribution >= 0.6 is 11.5 Å². The molecule has 114 valence electrons. The van der Waals surface area contributed by atoms with Crippen molar-refractivity contribution in [3.05, 3.63) is 42.7 Å². The van der Waals surface area contributed by atoms with Crippen LogP contribution in [0.1, 0.15) is 18.4 Å². The van der Waals surface area contributed by atoms with Crippen LogP contribution in [0.15, 0.2) is 42.1 Å². The smallest absolute Gasteiger partial charge is 0.257 e. The third kappa shape index (κ3) is 2.93. The van der Waals surface area contributed by atoms with E-state index in [4.69, 9.17) is 0 Å². The second-order valence-corrected chi connectivity index (χ2v) is 7.96. The number of benzene rings is 1. The fraction of sp³-hybridized carbons (Fsp3) is 0.214. The minimum atomic E-state index is -3.22. The summed E-state index contributed by atoms with van der Waals surface area (Å²) in [7, 11) is -3.22. The molecule has 0 atom stereocenters. The molecule has 0 spiro atoms. The summed E-state index contributed by atoms with van der Waals surface area (Å²) in [6.45, 7) is 3.74. The Labute approximate surface area is 132 Å². The van der Waals surface area contributed by atoms with Crippen LogP contribution < -0.4 is 5.32 Å². The fourth-order valence-corrected chi connectivity index (χ4v) is 4.03. The van der Waals surface area contributed by atoms with Gasteiger partial charge in [0.15, 0.2) is 9.84 Å². The van der Waals surface area contributed by atoms with Crippen molar-refractivity contribution in [2.75, 3.05) is 5.32 Å². The first kappa shape index (κ1) is 14.9. The number of carbonyl (C=O) groups excluding carboxylic acids is 1. The summed E-state index contributed by atoms with van der Waals surface area (Å²) in [6, 6.07) is 6.23. The zero-order valence-electron chi connectivity index (χ0n) is 11.5. The fourth-order valence-electron chi connectivity index (χ4n) is 1.95. The van der Waals surface area contributed by atoms with Gasteiger partial charge in [-0.3, -0.25) is 10.1 Å². The zero-order valence-corrected chi connectivity index (χ0v) is 13.2. The molecule has 1 aliphatic rings. The van der Waals surface area contributed by atoms with E-state index in [2.05, 4.69) is 21.3 Å². The molecule has 1 saturated carbocycles. The molecular formula is C14H13N3O3S2. The van der Waals surface area contributed by atoms with Crippen LogP contribution in [-0.4, -0.2) is 28.9 Å². The van der Waals surface area contributed by atoms with E-state index in [0.717, 1.165) is 24.4 Å². The van der Waals surface area contributed by atoms with Crippen molar-refractivity contribution >= 4 is 38.0 Å². The Bertz CT molecular complexity index is 808. The number of carbonyl (C=O) groups is 1. The van der Waals surface area contributed by atoms with E-state index in [1.165, 1.54) is 18.5 Å². The lowest BCUT2D eigenvalue weighted by molar-refractivity contribution is -0.111. The Morgan fingerprint density at radius 1 is 1.27 bits per heavy atom. The number of nitrogens with one attached hydrogen (secondary N) is 1. The number of anilines is 1. The molecule has 0 unspecified atom stereocenters. The monoisotopic (exact) mass is 335 g/mol. The number of hydrogen-bond acceptors (Lipinski definition) is 6. The van der Waals surface area contributed by atoms with Crippen molar-refractivity contribution in [1.29, 1.82) is 0 Å². The first-order valence-electron chi connectivity index (χ1n) is 6.60. The van der Waals surface area contributed by atoms with E-state index in [1.54, 1.807) is 12.1 Å². The summed E-state index contributed by atoms with van der Waals surface area (Å²) in [5.41, 5.74) is 0.808. The standard InChI is InChI=1S/C14H13N3O3S2/c1-9(13(18)17-14-15-8-16-21-14)10-2-4-11(5-3-10)22(19,20)12-6-7-12/h2-5,8,12H,1,6-7H2,(H,15,16,17,18). The number of sulfone groups is 1. The van der Waals surface area contributed by atoms with Crippen LogP contribution in [0.5, 0.6) is 0 Å². The number of aromatic nitrogens is 2. The molecule has 0 aliphatic heterocycles. The molecule has 1 aliphatic carbocycles. The molecule has 1 amide bonds. The molecule has 0 saturated heterocycles. The highest BCUT2D eigenvalue weighted by Gasteiger charge is 2.36. The maximum Gasteiger partial charge on any atom is 0.257 e. The summed E-state index contributed by atoms with van der Waals surface area (Å²) >= 11 is 1.07. The van der Waals surface area contributed by atoms with Crippen LogP contribution in [0.2, 0.25) is 0 Å². The van der Waals surface area contributed by atoms with Crippen molar-refractivity contribution in [3.8, 4) is 0 Å². The van der Waals surface area contributed by atoms with Gasteiger partial charge in [-0.25, -0.2) is 13.4 Å². The normalized spacial score (nSPS) is 14.5. The predicted molar refractivity (Wildman–Crippen MR) is 84.2 cm³/mol. The molecule has 8 heteroatoms. The summed E-state index contributed by atoms with van der Waals surface area (Å²) in [5, 5.41) is 2.72. The van der Waals surface area contributed by atoms with Crippen molar-refractivity contribution in [1.82, 2.24) is 9.36 Å². The van der Waals surface area contributed by atoms with Gasteiger partial charge in [-0.2, -0.15) is 4.37 Å². The lowest BCUT2D eigenvalue weighted by Gasteiger charge is -2.07. The van der Waals surface area contributed by atoms with E-state index in [0.29, 0.717) is 10.7 Å². The molecule has 1 fully saturated rings. The highest BCUT2D eigenvalue weighted by molar-refractivity contribution is 7.92. The predicted octanol–water partition coefficient (Wildman–Crippen LogP) is 2.13. The summed E-state index contributed by atoms with van der Waals surface area (Å²) in [5.74, 6) is -0.394. The molecule has 2 aromatic rings. The van der Waals surface area contributed by atoms with Gasteiger partial charge in [-0.1, -0.05) is 18.7 Å². The molecule has 3 rings (SSSR count). The molecule has 1 aromatic carbocycles. The number of amides is 1. The maximum atomic E-state index is 12.1. The number of rotatable bonds is 5. The molecule has 1 aromatic heterocycles. The average Bonchev–Trinajstić information content (AvgIpc) is 3.26. The Balaban J connectivity index is 1.75. The molecule has 22 heavy (non-hydrogen) atoms. The Morgan fingerprint density at radius 2 is 1.95 bits per heavy atom. The van der Waals surface area contributed by atoms with Crippen LogP contribution in [-0.2, 0) is 14.6 Å². The van der Waals surface area contributed by atoms with E-state index in [1.807, 2.05) is 0 Å². The second-order valence-electron chi connectivity index (χ2n) is 4.95. The van der Waals surface area contributed by atoms with E-state index in [-0.39, 0.29) is 15.7 Å². The summed E-state index contributed by atoms with van der Waals surface area (Å²) in [6.07, 6.45) is 2.79. The third-order valence-corrected chi connectivity index (χ3v) is 6.21. The number of nitrogens with zero attached hydrogens (tertiary/aromatic N) is 2. The van der Waals surface area contributed by atoms with Crippen molar-refractivity contribution in [2.24, 2.45) is 0 Å². The maximum absolute atomic E-state index is 12.1. The van der Waals surface area contributed by atoms with Gasteiger partial charge < -0.3 is 0 Å². The minimum Gasteiger partial charge on any atom is -0.297 e. The largest absolute Gasteiger partial charge is 0.297 e. The SMILES string of the molecule is C=C(C(=O)Nc1ncns1)c1ccc(S(=O)(=O)C2CC2)cc1. The summed E-state index contributed by atoms with van der Waals surface area (Å²) < 4.78 is 28.0. The van der Waals surface area contributed by atoms with Gasteiger partial charge in [0.05, 0.1) is 10.1 Å². The van der Waals surface area contributed by atoms with Gasteiger partial charge in [0.25, 0.3) is 5.91 Å². The lowest BCUT2D eigenvalue weighted by Crippen LogP contribution is -2.13. The van der Waals surface area contributed by atoms with Crippen LogP contribution in [0.25, 0.3) is 5.57 Å². The molecular weight excluding hydrogens is 322 g/mol. The minimum absolute atomic E-state index is 0.241. The molecule has 0 bridgehead atoms. The Morgan fingerprint density at radius 3 is 2.50 bits per heavy atom. The Hall–Kier alpha value is -2.06. The van der Waals surface area contributed by atoms with Gasteiger partial charge in [-0.05, 0) is 30.5 Å².